The van der Waals surface area contributed by atoms with Crippen molar-refractivity contribution in [3.63, 3.8) is 0 Å². The van der Waals surface area contributed by atoms with Gasteiger partial charge in [-0.1, -0.05) is 52.0 Å². The maximum absolute atomic E-state index is 12.3. The molecule has 4 aromatic rings. The van der Waals surface area contributed by atoms with Crippen molar-refractivity contribution >= 4 is 33.5 Å². The van der Waals surface area contributed by atoms with Gasteiger partial charge in [-0.2, -0.15) is 0 Å². The van der Waals surface area contributed by atoms with E-state index in [2.05, 4.69) is 37.5 Å². The number of esters is 2. The summed E-state index contributed by atoms with van der Waals surface area (Å²) < 4.78 is 22.9. The van der Waals surface area contributed by atoms with Gasteiger partial charge in [-0.05, 0) is 84.1 Å². The third-order valence-corrected chi connectivity index (χ3v) is 8.49. The van der Waals surface area contributed by atoms with Gasteiger partial charge in [-0.15, -0.1) is 0 Å². The molecule has 8 heteroatoms. The molecule has 0 saturated heterocycles. The Bertz CT molecular complexity index is 1490. The minimum atomic E-state index is -0.377. The van der Waals surface area contributed by atoms with Crippen molar-refractivity contribution < 1.29 is 28.5 Å². The molecule has 8 nitrogen and oxygen atoms in total. The van der Waals surface area contributed by atoms with Crippen molar-refractivity contribution in [1.82, 2.24) is 9.80 Å². The maximum Gasteiger partial charge on any atom is 0.337 e. The molecule has 0 heterocycles. The number of nitrogens with zero attached hydrogens (tertiary/aromatic N) is 2. The second-order valence-electron chi connectivity index (χ2n) is 10.9. The van der Waals surface area contributed by atoms with Crippen LogP contribution in [0.3, 0.4) is 0 Å². The Balaban J connectivity index is 1.83. The highest BCUT2D eigenvalue weighted by molar-refractivity contribution is 5.99. The van der Waals surface area contributed by atoms with Crippen molar-refractivity contribution in [2.24, 2.45) is 0 Å². The van der Waals surface area contributed by atoms with Gasteiger partial charge in [-0.25, -0.2) is 9.59 Å². The van der Waals surface area contributed by atoms with Gasteiger partial charge in [0.05, 0.1) is 25.3 Å². The summed E-state index contributed by atoms with van der Waals surface area (Å²) in [6.45, 7) is 15.2. The van der Waals surface area contributed by atoms with Crippen molar-refractivity contribution in [2.45, 2.75) is 34.1 Å². The van der Waals surface area contributed by atoms with Crippen LogP contribution in [-0.4, -0.2) is 88.4 Å². The monoisotopic (exact) mass is 614 g/mol. The van der Waals surface area contributed by atoms with Crippen LogP contribution in [0.2, 0.25) is 0 Å². The number of ether oxygens (including phenoxy) is 4. The minimum absolute atomic E-state index is 0.377. The van der Waals surface area contributed by atoms with Gasteiger partial charge in [0, 0.05) is 30.6 Å². The van der Waals surface area contributed by atoms with E-state index in [1.165, 1.54) is 14.2 Å². The molecule has 0 aliphatic heterocycles. The van der Waals surface area contributed by atoms with E-state index in [9.17, 15) is 9.59 Å². The smallest absolute Gasteiger partial charge is 0.337 e. The normalized spacial score (nSPS) is 11.4. The molecular formula is C37H46N2O6. The fraction of sp³-hybridized carbons (Fsp3) is 0.405. The Morgan fingerprint density at radius 2 is 0.978 bits per heavy atom. The molecule has 0 amide bonds. The van der Waals surface area contributed by atoms with Crippen molar-refractivity contribution in [3.05, 3.63) is 82.9 Å². The summed E-state index contributed by atoms with van der Waals surface area (Å²) in [7, 11) is 2.78. The molecule has 0 aliphatic carbocycles. The molecule has 0 aliphatic rings. The summed E-state index contributed by atoms with van der Waals surface area (Å²) in [5.41, 5.74) is 2.99. The van der Waals surface area contributed by atoms with E-state index in [-0.39, 0.29) is 11.9 Å². The number of carbonyl (C=O) groups is 2. The van der Waals surface area contributed by atoms with E-state index < -0.39 is 0 Å². The van der Waals surface area contributed by atoms with Gasteiger partial charge in [0.15, 0.2) is 0 Å². The maximum atomic E-state index is 12.3. The summed E-state index contributed by atoms with van der Waals surface area (Å²) in [5.74, 6) is 0.824. The SMILES string of the molecule is CCN(CC)CCOc1ccc2cc(C(=O)OC)ccc2c1Cc1c(OCCN(CC)CC)ccc2cc(C(=O)OC)ccc12. The lowest BCUT2D eigenvalue weighted by Crippen LogP contribution is -2.28. The number of hydrogen-bond acceptors (Lipinski definition) is 8. The Labute approximate surface area is 266 Å². The first-order valence-corrected chi connectivity index (χ1v) is 15.8. The fourth-order valence-electron chi connectivity index (χ4n) is 5.70. The predicted molar refractivity (Wildman–Crippen MR) is 180 cm³/mol. The van der Waals surface area contributed by atoms with Crippen molar-refractivity contribution in [2.75, 3.05) is 66.7 Å². The first-order valence-electron chi connectivity index (χ1n) is 15.8. The lowest BCUT2D eigenvalue weighted by atomic mass is 9.92. The number of carbonyl (C=O) groups excluding carboxylic acids is 2. The Morgan fingerprint density at radius 3 is 1.33 bits per heavy atom. The fourth-order valence-corrected chi connectivity index (χ4v) is 5.70. The van der Waals surface area contributed by atoms with Crippen molar-refractivity contribution in [1.29, 1.82) is 0 Å². The lowest BCUT2D eigenvalue weighted by Gasteiger charge is -2.22. The van der Waals surface area contributed by atoms with Crippen LogP contribution < -0.4 is 9.47 Å². The number of methoxy groups -OCH3 is 2. The van der Waals surface area contributed by atoms with Crippen LogP contribution >= 0.6 is 0 Å². The van der Waals surface area contributed by atoms with Gasteiger partial charge in [0.25, 0.3) is 0 Å². The zero-order valence-corrected chi connectivity index (χ0v) is 27.5. The standard InChI is InChI=1S/C37H46N2O6/c1-7-38(8-2)19-21-44-34-17-13-26-23-28(36(40)42-5)11-15-30(26)32(34)25-33-31-16-12-29(37(41)43-6)24-27(31)14-18-35(33)45-22-20-39(9-3)10-4/h11-18,23-24H,7-10,19-22,25H2,1-6H3. The molecule has 0 radical (unpaired) electrons. The summed E-state index contributed by atoms with van der Waals surface area (Å²) in [5, 5.41) is 3.81. The second kappa shape index (κ2) is 16.3. The molecule has 4 rings (SSSR count). The van der Waals surface area contributed by atoms with E-state index in [1.807, 2.05) is 48.5 Å². The largest absolute Gasteiger partial charge is 0.492 e. The molecular weight excluding hydrogens is 568 g/mol. The topological polar surface area (TPSA) is 77.5 Å². The van der Waals surface area contributed by atoms with Crippen LogP contribution in [0.1, 0.15) is 59.5 Å². The van der Waals surface area contributed by atoms with E-state index in [0.29, 0.717) is 30.8 Å². The first kappa shape index (κ1) is 33.7. The van der Waals surface area contributed by atoms with Gasteiger partial charge in [-0.3, -0.25) is 0 Å². The molecule has 0 atom stereocenters. The number of likely N-dealkylation sites (N-methyl/N-ethyl adjacent to an activating group) is 2. The molecule has 0 N–H and O–H groups in total. The van der Waals surface area contributed by atoms with E-state index >= 15 is 0 Å². The van der Waals surface area contributed by atoms with Crippen LogP contribution in [0.25, 0.3) is 21.5 Å². The number of hydrogen-bond donors (Lipinski definition) is 0. The second-order valence-corrected chi connectivity index (χ2v) is 10.9. The van der Waals surface area contributed by atoms with Gasteiger partial charge in [0.2, 0.25) is 0 Å². The lowest BCUT2D eigenvalue weighted by molar-refractivity contribution is 0.0592. The third-order valence-electron chi connectivity index (χ3n) is 8.49. The highest BCUT2D eigenvalue weighted by Gasteiger charge is 2.19. The van der Waals surface area contributed by atoms with Crippen LogP contribution in [0.15, 0.2) is 60.7 Å². The molecule has 240 valence electrons. The van der Waals surface area contributed by atoms with Crippen LogP contribution in [0, 0.1) is 0 Å². The molecule has 0 fully saturated rings. The number of benzene rings is 4. The van der Waals surface area contributed by atoms with Gasteiger partial charge < -0.3 is 28.7 Å². The first-order chi connectivity index (χ1) is 21.9. The molecule has 0 bridgehead atoms. The summed E-state index contributed by atoms with van der Waals surface area (Å²) in [6.07, 6.45) is 0.519. The summed E-state index contributed by atoms with van der Waals surface area (Å²) in [4.78, 5) is 29.3. The highest BCUT2D eigenvalue weighted by atomic mass is 16.5. The van der Waals surface area contributed by atoms with E-state index in [4.69, 9.17) is 18.9 Å². The third kappa shape index (κ3) is 8.12. The number of fused-ring (bicyclic) bond motifs is 2. The molecule has 0 spiro atoms. The van der Waals surface area contributed by atoms with Crippen LogP contribution in [0.4, 0.5) is 0 Å². The Morgan fingerprint density at radius 1 is 0.578 bits per heavy atom. The average molecular weight is 615 g/mol. The number of rotatable bonds is 16. The molecule has 4 aromatic carbocycles. The molecule has 0 aromatic heterocycles. The van der Waals surface area contributed by atoms with Gasteiger partial charge in [0.1, 0.15) is 24.7 Å². The highest BCUT2D eigenvalue weighted by Crippen LogP contribution is 2.37. The Kier molecular flexibility index (Phi) is 12.2. The zero-order valence-electron chi connectivity index (χ0n) is 27.5. The van der Waals surface area contributed by atoms with Gasteiger partial charge >= 0.3 is 11.9 Å². The quantitative estimate of drug-likeness (QED) is 0.131. The predicted octanol–water partition coefficient (Wildman–Crippen LogP) is 6.60. The van der Waals surface area contributed by atoms with E-state index in [0.717, 1.165) is 83.4 Å². The van der Waals surface area contributed by atoms with E-state index in [1.54, 1.807) is 12.1 Å². The molecule has 45 heavy (non-hydrogen) atoms. The van der Waals surface area contributed by atoms with Crippen LogP contribution in [-0.2, 0) is 15.9 Å². The zero-order chi connectivity index (χ0) is 32.3. The summed E-state index contributed by atoms with van der Waals surface area (Å²) >= 11 is 0. The van der Waals surface area contributed by atoms with Crippen molar-refractivity contribution in [3.8, 4) is 11.5 Å². The molecule has 0 unspecified atom stereocenters. The average Bonchev–Trinajstić information content (AvgIpc) is 3.08. The van der Waals surface area contributed by atoms with Crippen LogP contribution in [0.5, 0.6) is 11.5 Å². The molecule has 0 saturated carbocycles. The Hall–Kier alpha value is -4.14. The minimum Gasteiger partial charge on any atom is -0.492 e. The summed E-state index contributed by atoms with van der Waals surface area (Å²) in [6, 6.07) is 19.2.